The highest BCUT2D eigenvalue weighted by molar-refractivity contribution is 5.98. The zero-order valence-electron chi connectivity index (χ0n) is 33.8. The highest BCUT2D eigenvalue weighted by Crippen LogP contribution is 2.52. The zero-order chi connectivity index (χ0) is 40.2. The van der Waals surface area contributed by atoms with Gasteiger partial charge in [0.25, 0.3) is 0 Å². The van der Waals surface area contributed by atoms with E-state index in [2.05, 4.69) is 243 Å². The number of nitrogens with zero attached hydrogens (tertiary/aromatic N) is 1. The van der Waals surface area contributed by atoms with Crippen molar-refractivity contribution in [1.29, 1.82) is 0 Å². The summed E-state index contributed by atoms with van der Waals surface area (Å²) in [5.41, 5.74) is 18.4. The second-order valence-electron chi connectivity index (χ2n) is 16.5. The second-order valence-corrected chi connectivity index (χ2v) is 16.5. The molecule has 1 aliphatic rings. The van der Waals surface area contributed by atoms with E-state index in [1.165, 1.54) is 88.3 Å². The van der Waals surface area contributed by atoms with E-state index in [4.69, 9.17) is 0 Å². The smallest absolute Gasteiger partial charge is 0.0465 e. The van der Waals surface area contributed by atoms with E-state index in [-0.39, 0.29) is 5.41 Å². The van der Waals surface area contributed by atoms with Crippen LogP contribution in [0.15, 0.2) is 224 Å². The Kier molecular flexibility index (Phi) is 8.57. The van der Waals surface area contributed by atoms with E-state index in [9.17, 15) is 0 Å². The maximum Gasteiger partial charge on any atom is 0.0465 e. The van der Waals surface area contributed by atoms with Gasteiger partial charge >= 0.3 is 0 Å². The lowest BCUT2D eigenvalue weighted by atomic mass is 9.81. The highest BCUT2D eigenvalue weighted by Gasteiger charge is 2.36. The normalized spacial score (nSPS) is 12.6. The van der Waals surface area contributed by atoms with Crippen molar-refractivity contribution in [3.8, 4) is 55.6 Å². The third-order valence-electron chi connectivity index (χ3n) is 12.7. The third-order valence-corrected chi connectivity index (χ3v) is 12.7. The molecule has 0 spiro atoms. The van der Waals surface area contributed by atoms with Crippen LogP contribution in [0.2, 0.25) is 0 Å². The number of fused-ring (bicyclic) bond motifs is 5. The van der Waals surface area contributed by atoms with Crippen LogP contribution in [0.3, 0.4) is 0 Å². The Bertz CT molecular complexity index is 3180. The molecule has 0 radical (unpaired) electrons. The van der Waals surface area contributed by atoms with Gasteiger partial charge in [0.15, 0.2) is 0 Å². The Hall–Kier alpha value is -7.48. The van der Waals surface area contributed by atoms with Crippen molar-refractivity contribution in [3.05, 3.63) is 236 Å². The molecule has 284 valence electrons. The fourth-order valence-corrected chi connectivity index (χ4v) is 9.51. The van der Waals surface area contributed by atoms with Crippen LogP contribution in [0.4, 0.5) is 17.1 Å². The van der Waals surface area contributed by atoms with E-state index in [0.717, 1.165) is 17.1 Å². The Balaban J connectivity index is 0.956. The van der Waals surface area contributed by atoms with Gasteiger partial charge in [-0.15, -0.1) is 0 Å². The minimum Gasteiger partial charge on any atom is -0.310 e. The Morgan fingerprint density at radius 3 is 1.28 bits per heavy atom. The van der Waals surface area contributed by atoms with Gasteiger partial charge in [0.05, 0.1) is 0 Å². The number of hydrogen-bond donors (Lipinski definition) is 0. The first-order valence-corrected chi connectivity index (χ1v) is 20.9. The molecule has 60 heavy (non-hydrogen) atoms. The van der Waals surface area contributed by atoms with Crippen LogP contribution >= 0.6 is 0 Å². The predicted octanol–water partition coefficient (Wildman–Crippen LogP) is 16.4. The van der Waals surface area contributed by atoms with E-state index in [1.54, 1.807) is 0 Å². The third kappa shape index (κ3) is 6.10. The number of anilines is 3. The van der Waals surface area contributed by atoms with E-state index >= 15 is 0 Å². The summed E-state index contributed by atoms with van der Waals surface area (Å²) in [7, 11) is 0. The molecule has 0 saturated carbocycles. The van der Waals surface area contributed by atoms with Crippen molar-refractivity contribution in [2.24, 2.45) is 0 Å². The molecule has 11 rings (SSSR count). The van der Waals surface area contributed by atoms with Crippen LogP contribution in [0.25, 0.3) is 77.2 Å². The van der Waals surface area contributed by atoms with Crippen LogP contribution in [0.1, 0.15) is 25.0 Å². The van der Waals surface area contributed by atoms with Gasteiger partial charge in [0.2, 0.25) is 0 Å². The van der Waals surface area contributed by atoms with Crippen molar-refractivity contribution >= 4 is 38.6 Å². The molecule has 0 bridgehead atoms. The molecule has 10 aromatic rings. The standard InChI is InChI=1S/C59H43N/c1-59(2)57-38-47(42-22-24-45(25-23-42)53-20-10-16-43-14-6-8-18-51(43)53)30-36-55(57)56-37-35-50(39-58(56)59)60(48-31-26-41(27-32-48)40-12-4-3-5-13-40)49-33-28-46(29-34-49)54-21-11-17-44-15-7-9-19-52(44)54/h3-39H,1-2H3. The lowest BCUT2D eigenvalue weighted by molar-refractivity contribution is 0.660. The molecule has 1 heteroatoms. The molecular weight excluding hydrogens is 723 g/mol. The van der Waals surface area contributed by atoms with Gasteiger partial charge in [-0.25, -0.2) is 0 Å². The Morgan fingerprint density at radius 1 is 0.283 bits per heavy atom. The molecule has 0 heterocycles. The molecule has 0 saturated heterocycles. The van der Waals surface area contributed by atoms with Gasteiger partial charge in [-0.3, -0.25) is 0 Å². The van der Waals surface area contributed by atoms with E-state index in [0.29, 0.717) is 0 Å². The largest absolute Gasteiger partial charge is 0.310 e. The van der Waals surface area contributed by atoms with Crippen LogP contribution in [-0.2, 0) is 5.41 Å². The minimum absolute atomic E-state index is 0.194. The van der Waals surface area contributed by atoms with Crippen LogP contribution in [0.5, 0.6) is 0 Å². The molecule has 0 N–H and O–H groups in total. The first kappa shape index (κ1) is 35.7. The van der Waals surface area contributed by atoms with Crippen LogP contribution in [0, 0.1) is 0 Å². The molecule has 10 aromatic carbocycles. The monoisotopic (exact) mass is 765 g/mol. The predicted molar refractivity (Wildman–Crippen MR) is 255 cm³/mol. The fraction of sp³-hybridized carbons (Fsp3) is 0.0508. The summed E-state index contributed by atoms with van der Waals surface area (Å²) in [6.45, 7) is 4.76. The van der Waals surface area contributed by atoms with Gasteiger partial charge < -0.3 is 4.90 Å². The maximum absolute atomic E-state index is 2.43. The first-order valence-electron chi connectivity index (χ1n) is 20.9. The zero-order valence-corrected chi connectivity index (χ0v) is 33.8. The van der Waals surface area contributed by atoms with Gasteiger partial charge in [0, 0.05) is 22.5 Å². The van der Waals surface area contributed by atoms with Crippen molar-refractivity contribution in [1.82, 2.24) is 0 Å². The summed E-state index contributed by atoms with van der Waals surface area (Å²) in [4.78, 5) is 2.41. The lowest BCUT2D eigenvalue weighted by Crippen LogP contribution is -2.16. The van der Waals surface area contributed by atoms with Gasteiger partial charge in [-0.05, 0) is 131 Å². The first-order chi connectivity index (χ1) is 29.5. The molecule has 0 amide bonds. The average Bonchev–Trinajstić information content (AvgIpc) is 3.54. The molecule has 1 aliphatic carbocycles. The summed E-state index contributed by atoms with van der Waals surface area (Å²) >= 11 is 0. The van der Waals surface area contributed by atoms with Gasteiger partial charge in [-0.1, -0.05) is 196 Å². The van der Waals surface area contributed by atoms with E-state index < -0.39 is 0 Å². The molecule has 1 nitrogen and oxygen atoms in total. The highest BCUT2D eigenvalue weighted by atomic mass is 15.1. The number of hydrogen-bond acceptors (Lipinski definition) is 1. The molecule has 0 atom stereocenters. The van der Waals surface area contributed by atoms with Gasteiger partial charge in [0.1, 0.15) is 0 Å². The van der Waals surface area contributed by atoms with Crippen molar-refractivity contribution in [2.75, 3.05) is 4.90 Å². The molecule has 0 aromatic heterocycles. The summed E-state index contributed by atoms with van der Waals surface area (Å²) < 4.78 is 0. The molecule has 0 fully saturated rings. The lowest BCUT2D eigenvalue weighted by Gasteiger charge is -2.28. The average molecular weight is 766 g/mol. The topological polar surface area (TPSA) is 3.24 Å². The summed E-state index contributed by atoms with van der Waals surface area (Å²) in [6.07, 6.45) is 0. The van der Waals surface area contributed by atoms with Gasteiger partial charge in [-0.2, -0.15) is 0 Å². The molecular formula is C59H43N. The van der Waals surface area contributed by atoms with Crippen LogP contribution in [-0.4, -0.2) is 0 Å². The number of rotatable bonds is 7. The maximum atomic E-state index is 2.43. The SMILES string of the molecule is CC1(C)c2cc(-c3ccc(-c4cccc5ccccc45)cc3)ccc2-c2ccc(N(c3ccc(-c4ccccc4)cc3)c3ccc(-c4cccc5ccccc45)cc3)cc21. The minimum atomic E-state index is -0.194. The van der Waals surface area contributed by atoms with E-state index in [1.807, 2.05) is 0 Å². The summed E-state index contributed by atoms with van der Waals surface area (Å²) in [6, 6.07) is 82.3. The van der Waals surface area contributed by atoms with Crippen molar-refractivity contribution in [2.45, 2.75) is 19.3 Å². The number of benzene rings is 10. The van der Waals surface area contributed by atoms with Crippen molar-refractivity contribution in [3.63, 3.8) is 0 Å². The molecule has 0 aliphatic heterocycles. The quantitative estimate of drug-likeness (QED) is 0.156. The summed E-state index contributed by atoms with van der Waals surface area (Å²) in [5, 5.41) is 5.07. The Morgan fingerprint density at radius 2 is 0.683 bits per heavy atom. The summed E-state index contributed by atoms with van der Waals surface area (Å²) in [5.74, 6) is 0. The van der Waals surface area contributed by atoms with Crippen LogP contribution < -0.4 is 4.90 Å². The Labute approximate surface area is 352 Å². The van der Waals surface area contributed by atoms with Crippen molar-refractivity contribution < 1.29 is 0 Å². The second kappa shape index (κ2) is 14.4. The molecule has 0 unspecified atom stereocenters. The fourth-order valence-electron chi connectivity index (χ4n) is 9.51.